The molecule has 0 aliphatic carbocycles. The van der Waals surface area contributed by atoms with Crippen LogP contribution in [0.15, 0.2) is 18.2 Å². The molecule has 0 saturated carbocycles. The minimum atomic E-state index is -1.31. The summed E-state index contributed by atoms with van der Waals surface area (Å²) in [6.07, 6.45) is 0. The standard InChI is InChI=1S/C8H5FN4O2/c9-6-3-4(7-10-12-13-11-7)1-2-5(6)8(14)15/h1-3H,(H,14,15)(H,10,11,12,13). The second kappa shape index (κ2) is 3.45. The fraction of sp³-hybridized carbons (Fsp3) is 0. The van der Waals surface area contributed by atoms with Crippen molar-refractivity contribution in [3.63, 3.8) is 0 Å². The molecule has 6 nitrogen and oxygen atoms in total. The molecule has 0 atom stereocenters. The average Bonchev–Trinajstić information content (AvgIpc) is 2.69. The Morgan fingerprint density at radius 2 is 2.27 bits per heavy atom. The molecule has 0 fully saturated rings. The molecule has 0 aliphatic heterocycles. The van der Waals surface area contributed by atoms with Crippen molar-refractivity contribution in [1.82, 2.24) is 20.6 Å². The molecule has 2 aromatic rings. The Morgan fingerprint density at radius 1 is 1.47 bits per heavy atom. The maximum Gasteiger partial charge on any atom is 0.338 e. The molecular formula is C8H5FN4O2. The molecule has 0 amide bonds. The third kappa shape index (κ3) is 1.66. The monoisotopic (exact) mass is 208 g/mol. The van der Waals surface area contributed by atoms with Crippen molar-refractivity contribution in [3.05, 3.63) is 29.6 Å². The molecule has 0 spiro atoms. The third-order valence-corrected chi connectivity index (χ3v) is 1.82. The van der Waals surface area contributed by atoms with E-state index >= 15 is 0 Å². The lowest BCUT2D eigenvalue weighted by molar-refractivity contribution is 0.0692. The second-order valence-electron chi connectivity index (χ2n) is 2.75. The summed E-state index contributed by atoms with van der Waals surface area (Å²) in [5.41, 5.74) is 0.00808. The normalized spacial score (nSPS) is 10.2. The van der Waals surface area contributed by atoms with Gasteiger partial charge >= 0.3 is 5.97 Å². The van der Waals surface area contributed by atoms with Crippen LogP contribution in [-0.4, -0.2) is 31.7 Å². The van der Waals surface area contributed by atoms with Gasteiger partial charge in [-0.2, -0.15) is 0 Å². The number of H-pyrrole nitrogens is 1. The number of rotatable bonds is 2. The highest BCUT2D eigenvalue weighted by atomic mass is 19.1. The van der Waals surface area contributed by atoms with Gasteiger partial charge in [-0.15, -0.1) is 5.10 Å². The van der Waals surface area contributed by atoms with Crippen LogP contribution in [0.5, 0.6) is 0 Å². The topological polar surface area (TPSA) is 91.8 Å². The number of hydrogen-bond acceptors (Lipinski definition) is 4. The zero-order valence-corrected chi connectivity index (χ0v) is 7.31. The van der Waals surface area contributed by atoms with E-state index in [1.54, 1.807) is 0 Å². The van der Waals surface area contributed by atoms with Gasteiger partial charge in [-0.3, -0.25) is 0 Å². The molecule has 2 rings (SSSR count). The first kappa shape index (κ1) is 9.25. The molecule has 0 unspecified atom stereocenters. The van der Waals surface area contributed by atoms with Gasteiger partial charge in [-0.25, -0.2) is 14.3 Å². The van der Waals surface area contributed by atoms with Gasteiger partial charge < -0.3 is 5.11 Å². The summed E-state index contributed by atoms with van der Waals surface area (Å²) in [5.74, 6) is -1.85. The van der Waals surface area contributed by atoms with E-state index in [-0.39, 0.29) is 11.4 Å². The highest BCUT2D eigenvalue weighted by Crippen LogP contribution is 2.17. The second-order valence-corrected chi connectivity index (χ2v) is 2.75. The SMILES string of the molecule is O=C(O)c1ccc(-c2nnn[nH]2)cc1F. The van der Waals surface area contributed by atoms with Crippen LogP contribution in [0.25, 0.3) is 11.4 Å². The Labute approximate surface area is 82.7 Å². The minimum Gasteiger partial charge on any atom is -0.478 e. The third-order valence-electron chi connectivity index (χ3n) is 1.82. The van der Waals surface area contributed by atoms with Crippen LogP contribution in [0.4, 0.5) is 4.39 Å². The van der Waals surface area contributed by atoms with E-state index < -0.39 is 11.8 Å². The molecule has 15 heavy (non-hydrogen) atoms. The van der Waals surface area contributed by atoms with E-state index in [4.69, 9.17) is 5.11 Å². The molecule has 76 valence electrons. The van der Waals surface area contributed by atoms with E-state index in [0.717, 1.165) is 12.1 Å². The number of tetrazole rings is 1. The predicted octanol–water partition coefficient (Wildman–Crippen LogP) is 0.704. The number of aromatic amines is 1. The quantitative estimate of drug-likeness (QED) is 0.757. The van der Waals surface area contributed by atoms with Gasteiger partial charge in [0.1, 0.15) is 5.82 Å². The van der Waals surface area contributed by atoms with Gasteiger partial charge in [-0.1, -0.05) is 6.07 Å². The lowest BCUT2D eigenvalue weighted by atomic mass is 10.1. The molecule has 0 saturated heterocycles. The predicted molar refractivity (Wildman–Crippen MR) is 46.5 cm³/mol. The molecule has 7 heteroatoms. The van der Waals surface area contributed by atoms with Crippen LogP contribution in [0.2, 0.25) is 0 Å². The lowest BCUT2D eigenvalue weighted by Gasteiger charge is -1.99. The number of hydrogen-bond donors (Lipinski definition) is 2. The number of nitrogens with zero attached hydrogens (tertiary/aromatic N) is 3. The number of carboxylic acid groups (broad SMARTS) is 1. The van der Waals surface area contributed by atoms with Gasteiger partial charge in [0.15, 0.2) is 5.82 Å². The first-order chi connectivity index (χ1) is 7.18. The van der Waals surface area contributed by atoms with E-state index in [1.807, 2.05) is 0 Å². The van der Waals surface area contributed by atoms with E-state index in [1.165, 1.54) is 6.07 Å². The summed E-state index contributed by atoms with van der Waals surface area (Å²) in [5, 5.41) is 21.3. The van der Waals surface area contributed by atoms with Crippen LogP contribution in [0.3, 0.4) is 0 Å². The van der Waals surface area contributed by atoms with Crippen molar-refractivity contribution in [2.75, 3.05) is 0 Å². The van der Waals surface area contributed by atoms with Gasteiger partial charge in [-0.05, 0) is 22.6 Å². The van der Waals surface area contributed by atoms with Crippen molar-refractivity contribution in [2.45, 2.75) is 0 Å². The Kier molecular flexibility index (Phi) is 2.13. The summed E-state index contributed by atoms with van der Waals surface area (Å²) >= 11 is 0. The van der Waals surface area contributed by atoms with E-state index in [2.05, 4.69) is 20.6 Å². The van der Waals surface area contributed by atoms with Crippen molar-refractivity contribution in [2.24, 2.45) is 0 Å². The zero-order valence-electron chi connectivity index (χ0n) is 7.31. The molecule has 0 radical (unpaired) electrons. The number of halogens is 1. The molecular weight excluding hydrogens is 203 g/mol. The lowest BCUT2D eigenvalue weighted by Crippen LogP contribution is -2.00. The summed E-state index contributed by atoms with van der Waals surface area (Å²) in [6.45, 7) is 0. The van der Waals surface area contributed by atoms with Crippen molar-refractivity contribution in [1.29, 1.82) is 0 Å². The molecule has 1 heterocycles. The van der Waals surface area contributed by atoms with Crippen molar-refractivity contribution >= 4 is 5.97 Å². The summed E-state index contributed by atoms with van der Waals surface area (Å²) < 4.78 is 13.2. The Bertz CT molecular complexity index is 497. The van der Waals surface area contributed by atoms with Gasteiger partial charge in [0, 0.05) is 5.56 Å². The number of aromatic nitrogens is 4. The summed E-state index contributed by atoms with van der Waals surface area (Å²) in [6, 6.07) is 3.65. The Morgan fingerprint density at radius 3 is 2.80 bits per heavy atom. The highest BCUT2D eigenvalue weighted by Gasteiger charge is 2.12. The van der Waals surface area contributed by atoms with Crippen LogP contribution >= 0.6 is 0 Å². The van der Waals surface area contributed by atoms with Gasteiger partial charge in [0.05, 0.1) is 5.56 Å². The van der Waals surface area contributed by atoms with Crippen LogP contribution in [0.1, 0.15) is 10.4 Å². The number of nitrogens with one attached hydrogen (secondary N) is 1. The molecule has 0 bridgehead atoms. The minimum absolute atomic E-state index is 0.283. The maximum atomic E-state index is 13.2. The van der Waals surface area contributed by atoms with Gasteiger partial charge in [0.2, 0.25) is 0 Å². The first-order valence-corrected chi connectivity index (χ1v) is 3.95. The van der Waals surface area contributed by atoms with Crippen molar-refractivity contribution < 1.29 is 14.3 Å². The summed E-state index contributed by atoms with van der Waals surface area (Å²) in [4.78, 5) is 10.5. The van der Waals surface area contributed by atoms with Crippen LogP contribution < -0.4 is 0 Å². The molecule has 2 N–H and O–H groups in total. The molecule has 0 aliphatic rings. The first-order valence-electron chi connectivity index (χ1n) is 3.95. The smallest absolute Gasteiger partial charge is 0.338 e. The largest absolute Gasteiger partial charge is 0.478 e. The van der Waals surface area contributed by atoms with Crippen LogP contribution in [0, 0.1) is 5.82 Å². The fourth-order valence-electron chi connectivity index (χ4n) is 1.12. The number of carbonyl (C=O) groups is 1. The molecule has 1 aromatic heterocycles. The highest BCUT2D eigenvalue weighted by molar-refractivity contribution is 5.88. The number of carboxylic acids is 1. The Hall–Kier alpha value is -2.31. The van der Waals surface area contributed by atoms with Crippen LogP contribution in [-0.2, 0) is 0 Å². The van der Waals surface area contributed by atoms with Gasteiger partial charge in [0.25, 0.3) is 0 Å². The number of aromatic carboxylic acids is 1. The van der Waals surface area contributed by atoms with E-state index in [9.17, 15) is 9.18 Å². The maximum absolute atomic E-state index is 13.2. The average molecular weight is 208 g/mol. The number of benzene rings is 1. The molecule has 1 aromatic carbocycles. The Balaban J connectivity index is 2.47. The van der Waals surface area contributed by atoms with E-state index in [0.29, 0.717) is 5.56 Å². The summed E-state index contributed by atoms with van der Waals surface area (Å²) in [7, 11) is 0. The zero-order chi connectivity index (χ0) is 10.8. The van der Waals surface area contributed by atoms with Crippen molar-refractivity contribution in [3.8, 4) is 11.4 Å². The fourth-order valence-corrected chi connectivity index (χ4v) is 1.12.